The Bertz CT molecular complexity index is 1150. The summed E-state index contributed by atoms with van der Waals surface area (Å²) in [6.07, 6.45) is 5.14. The number of morpholine rings is 1. The number of halogens is 1. The summed E-state index contributed by atoms with van der Waals surface area (Å²) in [5.74, 6) is 1.33. The molecule has 4 aliphatic heterocycles. The van der Waals surface area contributed by atoms with E-state index in [0.29, 0.717) is 51.9 Å². The molecule has 11 nitrogen and oxygen atoms in total. The highest BCUT2D eigenvalue weighted by atomic mass is 19.1. The summed E-state index contributed by atoms with van der Waals surface area (Å²) in [6.45, 7) is 7.20. The molecule has 0 spiro atoms. The highest BCUT2D eigenvalue weighted by Gasteiger charge is 2.50. The molecule has 3 N–H and O–H groups in total. The number of ether oxygens (including phenoxy) is 1. The first kappa shape index (κ1) is 23.3. The minimum Gasteiger partial charge on any atom is -0.378 e. The number of nitrogens with two attached hydrogens (primary N) is 1. The molecule has 4 aliphatic rings. The minimum absolute atomic E-state index is 0.0920. The van der Waals surface area contributed by atoms with Crippen molar-refractivity contribution in [3.05, 3.63) is 18.0 Å². The smallest absolute Gasteiger partial charge is 0.261 e. The van der Waals surface area contributed by atoms with Crippen molar-refractivity contribution in [3.63, 3.8) is 0 Å². The maximum Gasteiger partial charge on any atom is 0.261 e. The van der Waals surface area contributed by atoms with Gasteiger partial charge in [0.2, 0.25) is 17.6 Å². The van der Waals surface area contributed by atoms with Crippen molar-refractivity contribution in [3.8, 4) is 11.3 Å². The van der Waals surface area contributed by atoms with Gasteiger partial charge in [-0.25, -0.2) is 19.3 Å². The molecule has 0 bridgehead atoms. The number of rotatable bonds is 4. The zero-order valence-corrected chi connectivity index (χ0v) is 20.5. The van der Waals surface area contributed by atoms with Crippen molar-refractivity contribution in [1.29, 1.82) is 0 Å². The number of likely N-dealkylation sites (tertiary alicyclic amines) is 1. The van der Waals surface area contributed by atoms with Gasteiger partial charge < -0.3 is 30.5 Å². The molecule has 0 radical (unpaired) electrons. The molecule has 36 heavy (non-hydrogen) atoms. The van der Waals surface area contributed by atoms with E-state index < -0.39 is 11.6 Å². The molecule has 2 atom stereocenters. The third-order valence-corrected chi connectivity index (χ3v) is 7.93. The molecule has 0 aliphatic carbocycles. The maximum atomic E-state index is 15.2. The lowest BCUT2D eigenvalue weighted by Gasteiger charge is -2.38. The number of aromatic nitrogens is 4. The van der Waals surface area contributed by atoms with Gasteiger partial charge in [-0.3, -0.25) is 4.79 Å². The van der Waals surface area contributed by atoms with Crippen LogP contribution in [0.4, 0.5) is 22.1 Å². The van der Waals surface area contributed by atoms with Gasteiger partial charge in [0.05, 0.1) is 24.4 Å². The summed E-state index contributed by atoms with van der Waals surface area (Å²) < 4.78 is 20.8. The summed E-state index contributed by atoms with van der Waals surface area (Å²) in [5, 5.41) is 2.99. The van der Waals surface area contributed by atoms with E-state index in [-0.39, 0.29) is 24.5 Å². The molecular weight excluding hydrogens is 465 g/mol. The average Bonchev–Trinajstić information content (AvgIpc) is 3.63. The normalized spacial score (nSPS) is 28.1. The zero-order valence-electron chi connectivity index (χ0n) is 20.5. The Balaban J connectivity index is 1.34. The fourth-order valence-corrected chi connectivity index (χ4v) is 5.84. The van der Waals surface area contributed by atoms with Crippen molar-refractivity contribution in [2.75, 3.05) is 74.6 Å². The molecule has 3 saturated heterocycles. The van der Waals surface area contributed by atoms with Crippen LogP contribution >= 0.6 is 0 Å². The Kier molecular flexibility index (Phi) is 5.67. The van der Waals surface area contributed by atoms with Crippen LogP contribution in [0, 0.1) is 0 Å². The van der Waals surface area contributed by atoms with Crippen molar-refractivity contribution >= 4 is 23.6 Å². The second kappa shape index (κ2) is 8.77. The van der Waals surface area contributed by atoms with Gasteiger partial charge in [-0.1, -0.05) is 0 Å². The summed E-state index contributed by atoms with van der Waals surface area (Å²) in [4.78, 5) is 37.5. The summed E-state index contributed by atoms with van der Waals surface area (Å²) in [7, 11) is 0. The number of hydrogen-bond donors (Lipinski definition) is 2. The molecule has 3 fully saturated rings. The molecule has 2 aromatic heterocycles. The Morgan fingerprint density at radius 3 is 2.64 bits per heavy atom. The fraction of sp³-hybridized carbons (Fsp3) is 0.625. The number of carbonyl (C=O) groups excluding carboxylic acids is 1. The second-order valence-electron chi connectivity index (χ2n) is 10.4. The predicted octanol–water partition coefficient (Wildman–Crippen LogP) is 0.408. The summed E-state index contributed by atoms with van der Waals surface area (Å²) in [5.41, 5.74) is 6.21. The van der Waals surface area contributed by atoms with Crippen LogP contribution in [-0.2, 0) is 16.0 Å². The van der Waals surface area contributed by atoms with E-state index in [1.165, 1.54) is 0 Å². The Morgan fingerprint density at radius 2 is 1.92 bits per heavy atom. The van der Waals surface area contributed by atoms with E-state index in [1.54, 1.807) is 17.3 Å². The van der Waals surface area contributed by atoms with Gasteiger partial charge in [0.25, 0.3) is 5.91 Å². The number of nitrogen functional groups attached to an aromatic ring is 1. The number of amides is 1. The fourth-order valence-electron chi connectivity index (χ4n) is 5.84. The van der Waals surface area contributed by atoms with Gasteiger partial charge in [-0.2, -0.15) is 4.98 Å². The van der Waals surface area contributed by atoms with Crippen molar-refractivity contribution in [1.82, 2.24) is 30.2 Å². The van der Waals surface area contributed by atoms with E-state index in [4.69, 9.17) is 20.4 Å². The highest BCUT2D eigenvalue weighted by molar-refractivity contribution is 5.86. The lowest BCUT2D eigenvalue weighted by atomic mass is 9.99. The predicted molar refractivity (Wildman–Crippen MR) is 132 cm³/mol. The SMILES string of the molecule is C[C@]1(N2CCc3c(-c4cnc(N)nc4)nc(N4CCOCC4)nc32)CCN(C(=O)[C@@]2(F)CCNC2)C1. The van der Waals surface area contributed by atoms with Crippen molar-refractivity contribution < 1.29 is 13.9 Å². The monoisotopic (exact) mass is 497 g/mol. The second-order valence-corrected chi connectivity index (χ2v) is 10.4. The number of anilines is 3. The van der Waals surface area contributed by atoms with Crippen LogP contribution in [0.5, 0.6) is 0 Å². The maximum absolute atomic E-state index is 15.2. The van der Waals surface area contributed by atoms with Crippen LogP contribution in [0.2, 0.25) is 0 Å². The topological polar surface area (TPSA) is 126 Å². The largest absolute Gasteiger partial charge is 0.378 e. The van der Waals surface area contributed by atoms with E-state index in [1.807, 2.05) is 0 Å². The first-order valence-corrected chi connectivity index (χ1v) is 12.6. The van der Waals surface area contributed by atoms with Gasteiger partial charge >= 0.3 is 0 Å². The summed E-state index contributed by atoms with van der Waals surface area (Å²) >= 11 is 0. The first-order chi connectivity index (χ1) is 17.4. The van der Waals surface area contributed by atoms with E-state index in [2.05, 4.69) is 32.0 Å². The molecule has 192 valence electrons. The Hall–Kier alpha value is -3.12. The molecule has 2 aromatic rings. The molecule has 12 heteroatoms. The van der Waals surface area contributed by atoms with E-state index in [0.717, 1.165) is 42.0 Å². The minimum atomic E-state index is -1.80. The van der Waals surface area contributed by atoms with Crippen molar-refractivity contribution in [2.45, 2.75) is 37.4 Å². The van der Waals surface area contributed by atoms with Gasteiger partial charge in [-0.05, 0) is 26.3 Å². The summed E-state index contributed by atoms with van der Waals surface area (Å²) in [6, 6.07) is 0. The van der Waals surface area contributed by atoms with Gasteiger partial charge in [0.1, 0.15) is 5.82 Å². The lowest BCUT2D eigenvalue weighted by Crippen LogP contribution is -2.52. The lowest BCUT2D eigenvalue weighted by molar-refractivity contribution is -0.141. The molecule has 6 heterocycles. The van der Waals surface area contributed by atoms with Gasteiger partial charge in [-0.15, -0.1) is 0 Å². The van der Waals surface area contributed by atoms with E-state index >= 15 is 4.39 Å². The average molecular weight is 498 g/mol. The number of nitrogens with zero attached hydrogens (tertiary/aromatic N) is 7. The standard InChI is InChI=1S/C24H32FN9O2/c1-23(4-7-33(15-23)20(35)24(25)3-5-27-14-24)34-6-2-17-18(16-12-28-21(26)29-13-16)30-22(31-19(17)34)32-8-10-36-11-9-32/h12-13,27H,2-11,14-15H2,1H3,(H2,26,28,29)/t23-,24+/m0/s1. The van der Waals surface area contributed by atoms with Crippen LogP contribution in [0.1, 0.15) is 25.3 Å². The van der Waals surface area contributed by atoms with Gasteiger partial charge in [0, 0.05) is 69.2 Å². The van der Waals surface area contributed by atoms with Crippen LogP contribution < -0.4 is 20.9 Å². The number of alkyl halides is 1. The number of hydrogen-bond acceptors (Lipinski definition) is 10. The zero-order chi connectivity index (χ0) is 24.9. The number of carbonyl (C=O) groups is 1. The van der Waals surface area contributed by atoms with Crippen LogP contribution in [-0.4, -0.2) is 101 Å². The van der Waals surface area contributed by atoms with Crippen LogP contribution in [0.3, 0.4) is 0 Å². The van der Waals surface area contributed by atoms with Gasteiger partial charge in [0.15, 0.2) is 0 Å². The third-order valence-electron chi connectivity index (χ3n) is 7.93. The molecule has 0 aromatic carbocycles. The molecular formula is C24H32FN9O2. The first-order valence-electron chi connectivity index (χ1n) is 12.6. The number of nitrogens with one attached hydrogen (secondary N) is 1. The highest BCUT2D eigenvalue weighted by Crippen LogP contribution is 2.42. The Labute approximate surface area is 209 Å². The van der Waals surface area contributed by atoms with Crippen LogP contribution in [0.25, 0.3) is 11.3 Å². The quantitative estimate of drug-likeness (QED) is 0.613. The number of fused-ring (bicyclic) bond motifs is 1. The third kappa shape index (κ3) is 3.92. The van der Waals surface area contributed by atoms with E-state index in [9.17, 15) is 4.79 Å². The van der Waals surface area contributed by atoms with Crippen LogP contribution in [0.15, 0.2) is 12.4 Å². The molecule has 0 unspecified atom stereocenters. The molecule has 0 saturated carbocycles. The molecule has 1 amide bonds. The molecule has 6 rings (SSSR count). The Morgan fingerprint density at radius 1 is 1.14 bits per heavy atom. The van der Waals surface area contributed by atoms with Crippen molar-refractivity contribution in [2.24, 2.45) is 0 Å².